The van der Waals surface area contributed by atoms with Gasteiger partial charge in [-0.3, -0.25) is 14.9 Å². The molecule has 2 amide bonds. The third kappa shape index (κ3) is 11.7. The Morgan fingerprint density at radius 3 is 2.41 bits per heavy atom. The SMILES string of the molecule is CC(COc1ccc(CC2SC(=O)NC2=O)cc1)NCC(O)COCCCCCCCc1ccccc1. The van der Waals surface area contributed by atoms with Crippen LogP contribution in [0.15, 0.2) is 54.6 Å². The van der Waals surface area contributed by atoms with Crippen molar-refractivity contribution in [2.45, 2.75) is 69.3 Å². The lowest BCUT2D eigenvalue weighted by Crippen LogP contribution is -2.39. The van der Waals surface area contributed by atoms with Crippen LogP contribution < -0.4 is 15.4 Å². The van der Waals surface area contributed by atoms with Crippen LogP contribution in [0.4, 0.5) is 4.79 Å². The van der Waals surface area contributed by atoms with Crippen LogP contribution in [0.1, 0.15) is 50.2 Å². The molecule has 7 nitrogen and oxygen atoms in total. The molecule has 0 bridgehead atoms. The van der Waals surface area contributed by atoms with E-state index in [1.54, 1.807) is 0 Å². The van der Waals surface area contributed by atoms with Gasteiger partial charge in [0.05, 0.1) is 18.0 Å². The van der Waals surface area contributed by atoms with Crippen LogP contribution in [0.3, 0.4) is 0 Å². The second-order valence-electron chi connectivity index (χ2n) is 9.58. The van der Waals surface area contributed by atoms with Crippen LogP contribution in [-0.4, -0.2) is 60.0 Å². The monoisotopic (exact) mass is 528 g/mol. The Morgan fingerprint density at radius 2 is 1.68 bits per heavy atom. The fourth-order valence-electron chi connectivity index (χ4n) is 4.07. The minimum Gasteiger partial charge on any atom is -0.492 e. The number of hydrogen-bond donors (Lipinski definition) is 3. The summed E-state index contributed by atoms with van der Waals surface area (Å²) in [5.41, 5.74) is 2.39. The third-order valence-electron chi connectivity index (χ3n) is 6.22. The number of rotatable bonds is 18. The average molecular weight is 529 g/mol. The lowest BCUT2D eigenvalue weighted by molar-refractivity contribution is -0.118. The minimum absolute atomic E-state index is 0.0646. The van der Waals surface area contributed by atoms with E-state index in [9.17, 15) is 14.7 Å². The highest BCUT2D eigenvalue weighted by molar-refractivity contribution is 8.15. The largest absolute Gasteiger partial charge is 0.492 e. The van der Waals surface area contributed by atoms with Crippen molar-refractivity contribution in [2.75, 3.05) is 26.4 Å². The molecular formula is C29H40N2O5S. The Morgan fingerprint density at radius 1 is 0.946 bits per heavy atom. The molecule has 1 fully saturated rings. The van der Waals surface area contributed by atoms with Gasteiger partial charge in [0.15, 0.2) is 0 Å². The Balaban J connectivity index is 1.16. The molecule has 202 valence electrons. The van der Waals surface area contributed by atoms with E-state index in [2.05, 4.69) is 41.0 Å². The summed E-state index contributed by atoms with van der Waals surface area (Å²) in [6.45, 7) is 3.94. The Hall–Kier alpha value is -2.39. The van der Waals surface area contributed by atoms with E-state index >= 15 is 0 Å². The number of nitrogens with one attached hydrogen (secondary N) is 2. The summed E-state index contributed by atoms with van der Waals surface area (Å²) in [5, 5.41) is 15.1. The van der Waals surface area contributed by atoms with E-state index in [0.29, 0.717) is 32.8 Å². The second-order valence-corrected chi connectivity index (χ2v) is 10.8. The molecule has 3 atom stereocenters. The quantitative estimate of drug-likeness (QED) is 0.245. The molecule has 8 heteroatoms. The number of hydrogen-bond acceptors (Lipinski definition) is 7. The van der Waals surface area contributed by atoms with Gasteiger partial charge in [0.1, 0.15) is 12.4 Å². The summed E-state index contributed by atoms with van der Waals surface area (Å²) in [7, 11) is 0. The summed E-state index contributed by atoms with van der Waals surface area (Å²) < 4.78 is 11.5. The Labute approximate surface area is 224 Å². The van der Waals surface area contributed by atoms with Gasteiger partial charge in [-0.25, -0.2) is 0 Å². The first-order valence-electron chi connectivity index (χ1n) is 13.3. The summed E-state index contributed by atoms with van der Waals surface area (Å²) in [6, 6.07) is 18.3. The molecule has 2 aromatic rings. The van der Waals surface area contributed by atoms with Crippen LogP contribution in [-0.2, 0) is 22.4 Å². The molecule has 3 N–H and O–H groups in total. The molecule has 0 radical (unpaired) electrons. The number of ether oxygens (including phenoxy) is 2. The van der Waals surface area contributed by atoms with Gasteiger partial charge < -0.3 is 19.9 Å². The number of carbonyl (C=O) groups is 2. The summed E-state index contributed by atoms with van der Waals surface area (Å²) in [4.78, 5) is 23.0. The van der Waals surface area contributed by atoms with Crippen molar-refractivity contribution in [3.63, 3.8) is 0 Å². The van der Waals surface area contributed by atoms with Crippen LogP contribution in [0.5, 0.6) is 5.75 Å². The normalized spacial score (nSPS) is 17.0. The molecule has 3 unspecified atom stereocenters. The van der Waals surface area contributed by atoms with E-state index in [1.807, 2.05) is 31.2 Å². The van der Waals surface area contributed by atoms with E-state index in [1.165, 1.54) is 24.8 Å². The van der Waals surface area contributed by atoms with Crippen LogP contribution in [0, 0.1) is 0 Å². The molecule has 1 heterocycles. The van der Waals surface area contributed by atoms with Crippen molar-refractivity contribution in [1.82, 2.24) is 10.6 Å². The Kier molecular flexibility index (Phi) is 13.0. The molecule has 0 spiro atoms. The lowest BCUT2D eigenvalue weighted by Gasteiger charge is -2.18. The predicted octanol–water partition coefficient (Wildman–Crippen LogP) is 4.51. The van der Waals surface area contributed by atoms with Crippen molar-refractivity contribution >= 4 is 22.9 Å². The van der Waals surface area contributed by atoms with Gasteiger partial charge in [0, 0.05) is 19.2 Å². The smallest absolute Gasteiger partial charge is 0.286 e. The van der Waals surface area contributed by atoms with Gasteiger partial charge in [-0.15, -0.1) is 0 Å². The molecule has 37 heavy (non-hydrogen) atoms. The molecule has 1 aliphatic heterocycles. The first kappa shape index (κ1) is 29.2. The van der Waals surface area contributed by atoms with Crippen LogP contribution in [0.2, 0.25) is 0 Å². The summed E-state index contributed by atoms with van der Waals surface area (Å²) in [5.74, 6) is 0.508. The maximum Gasteiger partial charge on any atom is 0.286 e. The number of aliphatic hydroxyl groups excluding tert-OH is 1. The predicted molar refractivity (Wildman–Crippen MR) is 148 cm³/mol. The number of imide groups is 1. The van der Waals surface area contributed by atoms with Crippen molar-refractivity contribution in [3.8, 4) is 5.75 Å². The van der Waals surface area contributed by atoms with Gasteiger partial charge >= 0.3 is 0 Å². The zero-order valence-electron chi connectivity index (χ0n) is 21.7. The zero-order valence-corrected chi connectivity index (χ0v) is 22.5. The van der Waals surface area contributed by atoms with Gasteiger partial charge in [-0.05, 0) is 55.9 Å². The maximum atomic E-state index is 11.7. The van der Waals surface area contributed by atoms with Gasteiger partial charge in [0.2, 0.25) is 5.91 Å². The van der Waals surface area contributed by atoms with Gasteiger partial charge in [-0.2, -0.15) is 0 Å². The Bertz CT molecular complexity index is 941. The molecule has 0 aromatic heterocycles. The number of benzene rings is 2. The fraction of sp³-hybridized carbons (Fsp3) is 0.517. The summed E-state index contributed by atoms with van der Waals surface area (Å²) in [6.07, 6.45) is 6.99. The van der Waals surface area contributed by atoms with E-state index < -0.39 is 6.10 Å². The third-order valence-corrected chi connectivity index (χ3v) is 7.20. The van der Waals surface area contributed by atoms with Crippen LogP contribution in [0.25, 0.3) is 0 Å². The summed E-state index contributed by atoms with van der Waals surface area (Å²) >= 11 is 1.04. The number of carbonyl (C=O) groups excluding carboxylic acids is 2. The molecule has 2 aromatic carbocycles. The average Bonchev–Trinajstić information content (AvgIpc) is 3.22. The van der Waals surface area contributed by atoms with Crippen molar-refractivity contribution in [2.24, 2.45) is 0 Å². The highest BCUT2D eigenvalue weighted by atomic mass is 32.2. The number of unbranched alkanes of at least 4 members (excludes halogenated alkanes) is 4. The van der Waals surface area contributed by atoms with Gasteiger partial charge in [0.25, 0.3) is 5.24 Å². The number of aryl methyl sites for hydroxylation is 1. The first-order chi connectivity index (χ1) is 18.0. The second kappa shape index (κ2) is 16.5. The van der Waals surface area contributed by atoms with E-state index in [-0.39, 0.29) is 22.4 Å². The molecule has 1 saturated heterocycles. The van der Waals surface area contributed by atoms with E-state index in [4.69, 9.17) is 9.47 Å². The van der Waals surface area contributed by atoms with E-state index in [0.717, 1.165) is 42.3 Å². The number of aliphatic hydroxyl groups is 1. The van der Waals surface area contributed by atoms with Crippen LogP contribution >= 0.6 is 11.8 Å². The molecule has 3 rings (SSSR count). The first-order valence-corrected chi connectivity index (χ1v) is 14.1. The highest BCUT2D eigenvalue weighted by Gasteiger charge is 2.31. The lowest BCUT2D eigenvalue weighted by atomic mass is 10.1. The van der Waals surface area contributed by atoms with Crippen molar-refractivity contribution < 1.29 is 24.2 Å². The highest BCUT2D eigenvalue weighted by Crippen LogP contribution is 2.24. The maximum absolute atomic E-state index is 11.7. The molecule has 0 saturated carbocycles. The fourth-order valence-corrected chi connectivity index (χ4v) is 4.93. The number of thioether (sulfide) groups is 1. The zero-order chi connectivity index (χ0) is 26.3. The molecule has 1 aliphatic rings. The molecule has 0 aliphatic carbocycles. The van der Waals surface area contributed by atoms with Crippen molar-refractivity contribution in [3.05, 3.63) is 65.7 Å². The topological polar surface area (TPSA) is 96.9 Å². The van der Waals surface area contributed by atoms with Gasteiger partial charge in [-0.1, -0.05) is 73.5 Å². The minimum atomic E-state index is -0.551. The number of amides is 2. The standard InChI is InChI=1S/C29H40N2O5S/c1-22(20-36-26-15-13-24(14-16-26)18-27-28(33)31-29(34)37-27)30-19-25(32)21-35-17-9-4-2-3-6-10-23-11-7-5-8-12-23/h5,7-8,11-16,22,25,27,30,32H,2-4,6,9-10,17-21H2,1H3,(H,31,33,34). The van der Waals surface area contributed by atoms with Crippen molar-refractivity contribution in [1.29, 1.82) is 0 Å². The molecular weight excluding hydrogens is 488 g/mol.